The van der Waals surface area contributed by atoms with Gasteiger partial charge in [-0.25, -0.2) is 0 Å². The predicted octanol–water partition coefficient (Wildman–Crippen LogP) is 2.70. The average Bonchev–Trinajstić information content (AvgIpc) is 2.53. The smallest absolute Gasteiger partial charge is 0.244 e. The summed E-state index contributed by atoms with van der Waals surface area (Å²) in [6.07, 6.45) is 1.57. The highest BCUT2D eigenvalue weighted by Gasteiger charge is 2.06. The maximum Gasteiger partial charge on any atom is 0.244 e. The zero-order chi connectivity index (χ0) is 15.9. The Hall–Kier alpha value is -2.57. The lowest BCUT2D eigenvalue weighted by molar-refractivity contribution is 0.355. The summed E-state index contributed by atoms with van der Waals surface area (Å²) in [7, 11) is 3.20. The number of anilines is 3. The molecule has 2 rings (SSSR count). The molecule has 0 aliphatic rings. The maximum atomic E-state index is 5.28. The van der Waals surface area contributed by atoms with Crippen LogP contribution in [0.4, 0.5) is 17.5 Å². The lowest BCUT2D eigenvalue weighted by Gasteiger charge is -2.11. The molecule has 1 aromatic carbocycles. The maximum absolute atomic E-state index is 5.28. The van der Waals surface area contributed by atoms with E-state index in [1.165, 1.54) is 0 Å². The van der Waals surface area contributed by atoms with E-state index in [2.05, 4.69) is 39.7 Å². The topological polar surface area (TPSA) is 81.2 Å². The zero-order valence-electron chi connectivity index (χ0n) is 13.3. The van der Waals surface area contributed by atoms with Gasteiger partial charge in [-0.2, -0.15) is 10.1 Å². The first-order valence-electron chi connectivity index (χ1n) is 7.05. The van der Waals surface area contributed by atoms with E-state index in [4.69, 9.17) is 9.47 Å². The van der Waals surface area contributed by atoms with Crippen LogP contribution in [-0.2, 0) is 0 Å². The molecule has 0 atom stereocenters. The van der Waals surface area contributed by atoms with E-state index in [-0.39, 0.29) is 0 Å². The Labute approximate surface area is 130 Å². The van der Waals surface area contributed by atoms with Gasteiger partial charge < -0.3 is 20.1 Å². The van der Waals surface area contributed by atoms with Crippen LogP contribution in [0, 0.1) is 5.92 Å². The van der Waals surface area contributed by atoms with Crippen LogP contribution < -0.4 is 20.1 Å². The highest BCUT2D eigenvalue weighted by Crippen LogP contribution is 2.30. The van der Waals surface area contributed by atoms with Gasteiger partial charge in [-0.15, -0.1) is 5.10 Å². The van der Waals surface area contributed by atoms with Crippen molar-refractivity contribution in [3.63, 3.8) is 0 Å². The third-order valence-corrected chi connectivity index (χ3v) is 2.88. The second kappa shape index (κ2) is 7.44. The molecule has 0 spiro atoms. The number of ether oxygens (including phenoxy) is 2. The molecular weight excluding hydrogens is 282 g/mol. The largest absolute Gasteiger partial charge is 0.493 e. The number of nitrogens with zero attached hydrogens (tertiary/aromatic N) is 3. The molecule has 0 amide bonds. The van der Waals surface area contributed by atoms with Crippen molar-refractivity contribution in [2.75, 3.05) is 31.4 Å². The van der Waals surface area contributed by atoms with Gasteiger partial charge >= 0.3 is 0 Å². The highest BCUT2D eigenvalue weighted by atomic mass is 16.5. The van der Waals surface area contributed by atoms with Crippen LogP contribution in [0.25, 0.3) is 0 Å². The van der Waals surface area contributed by atoms with Crippen molar-refractivity contribution in [2.45, 2.75) is 13.8 Å². The lowest BCUT2D eigenvalue weighted by Crippen LogP contribution is -2.11. The van der Waals surface area contributed by atoms with Crippen molar-refractivity contribution >= 4 is 17.5 Å². The quantitative estimate of drug-likeness (QED) is 0.813. The van der Waals surface area contributed by atoms with Crippen molar-refractivity contribution < 1.29 is 9.47 Å². The molecule has 1 heterocycles. The summed E-state index contributed by atoms with van der Waals surface area (Å²) in [4.78, 5) is 4.37. The van der Waals surface area contributed by atoms with Gasteiger partial charge in [0.25, 0.3) is 0 Å². The molecule has 22 heavy (non-hydrogen) atoms. The first-order chi connectivity index (χ1) is 10.6. The average molecular weight is 303 g/mol. The van der Waals surface area contributed by atoms with E-state index in [9.17, 15) is 0 Å². The number of methoxy groups -OCH3 is 2. The van der Waals surface area contributed by atoms with Crippen molar-refractivity contribution in [3.05, 3.63) is 24.4 Å². The molecule has 0 bridgehead atoms. The van der Waals surface area contributed by atoms with Gasteiger partial charge in [-0.05, 0) is 18.1 Å². The Morgan fingerprint density at radius 2 is 1.91 bits per heavy atom. The standard InChI is InChI=1S/C15H21N5O2/c1-10(2)8-16-15-19-14(9-17-20-15)18-11-5-6-12(21-3)13(7-11)22-4/h5-7,9-10H,8H2,1-4H3,(H2,16,18,19,20). The van der Waals surface area contributed by atoms with Gasteiger partial charge in [0.15, 0.2) is 17.3 Å². The van der Waals surface area contributed by atoms with Gasteiger partial charge in [-0.3, -0.25) is 0 Å². The van der Waals surface area contributed by atoms with Crippen LogP contribution in [0.2, 0.25) is 0 Å². The number of nitrogens with one attached hydrogen (secondary N) is 2. The molecule has 2 N–H and O–H groups in total. The molecule has 0 aliphatic heterocycles. The van der Waals surface area contributed by atoms with E-state index in [0.29, 0.717) is 29.2 Å². The number of aromatic nitrogens is 3. The molecule has 7 nitrogen and oxygen atoms in total. The molecule has 7 heteroatoms. The minimum Gasteiger partial charge on any atom is -0.493 e. The summed E-state index contributed by atoms with van der Waals surface area (Å²) in [5.74, 6) is 2.93. The number of rotatable bonds is 7. The van der Waals surface area contributed by atoms with Crippen LogP contribution >= 0.6 is 0 Å². The first-order valence-corrected chi connectivity index (χ1v) is 7.05. The third-order valence-electron chi connectivity index (χ3n) is 2.88. The fraction of sp³-hybridized carbons (Fsp3) is 0.400. The summed E-state index contributed by atoms with van der Waals surface area (Å²) in [5, 5.41) is 14.2. The molecule has 0 aliphatic carbocycles. The minimum absolute atomic E-state index is 0.499. The summed E-state index contributed by atoms with van der Waals surface area (Å²) in [6.45, 7) is 5.03. The second-order valence-electron chi connectivity index (χ2n) is 5.13. The number of benzene rings is 1. The van der Waals surface area contributed by atoms with E-state index >= 15 is 0 Å². The monoisotopic (exact) mass is 303 g/mol. The Balaban J connectivity index is 2.11. The van der Waals surface area contributed by atoms with Crippen LogP contribution in [0.3, 0.4) is 0 Å². The zero-order valence-corrected chi connectivity index (χ0v) is 13.3. The lowest BCUT2D eigenvalue weighted by atomic mass is 10.2. The summed E-state index contributed by atoms with van der Waals surface area (Å²) in [6, 6.07) is 5.54. The third kappa shape index (κ3) is 4.21. The van der Waals surface area contributed by atoms with Gasteiger partial charge in [0.2, 0.25) is 5.95 Å². The van der Waals surface area contributed by atoms with Crippen LogP contribution in [0.1, 0.15) is 13.8 Å². The SMILES string of the molecule is COc1ccc(Nc2cnnc(NCC(C)C)n2)cc1OC. The highest BCUT2D eigenvalue weighted by molar-refractivity contribution is 5.61. The fourth-order valence-electron chi connectivity index (χ4n) is 1.80. The van der Waals surface area contributed by atoms with Gasteiger partial charge in [-0.1, -0.05) is 13.8 Å². The van der Waals surface area contributed by atoms with Crippen LogP contribution in [0.15, 0.2) is 24.4 Å². The molecule has 0 saturated heterocycles. The Bertz CT molecular complexity index is 619. The van der Waals surface area contributed by atoms with Gasteiger partial charge in [0.1, 0.15) is 0 Å². The molecule has 0 unspecified atom stereocenters. The number of hydrogen-bond acceptors (Lipinski definition) is 7. The van der Waals surface area contributed by atoms with Crippen molar-refractivity contribution in [1.82, 2.24) is 15.2 Å². The summed E-state index contributed by atoms with van der Waals surface area (Å²) in [5.41, 5.74) is 0.827. The van der Waals surface area contributed by atoms with Crippen LogP contribution in [-0.4, -0.2) is 35.9 Å². The second-order valence-corrected chi connectivity index (χ2v) is 5.13. The molecule has 0 radical (unpaired) electrons. The normalized spacial score (nSPS) is 10.4. The Morgan fingerprint density at radius 1 is 1.14 bits per heavy atom. The number of hydrogen-bond donors (Lipinski definition) is 2. The predicted molar refractivity (Wildman–Crippen MR) is 86.0 cm³/mol. The Morgan fingerprint density at radius 3 is 2.59 bits per heavy atom. The van der Waals surface area contributed by atoms with Crippen molar-refractivity contribution in [2.24, 2.45) is 5.92 Å². The molecular formula is C15H21N5O2. The summed E-state index contributed by atoms with van der Waals surface area (Å²) < 4.78 is 10.5. The first kappa shape index (κ1) is 15.8. The van der Waals surface area contributed by atoms with Gasteiger partial charge in [0.05, 0.1) is 20.4 Å². The van der Waals surface area contributed by atoms with Gasteiger partial charge in [0, 0.05) is 18.3 Å². The minimum atomic E-state index is 0.499. The van der Waals surface area contributed by atoms with Crippen LogP contribution in [0.5, 0.6) is 11.5 Å². The van der Waals surface area contributed by atoms with E-state index in [1.54, 1.807) is 20.4 Å². The molecule has 0 saturated carbocycles. The van der Waals surface area contributed by atoms with E-state index in [0.717, 1.165) is 12.2 Å². The fourth-order valence-corrected chi connectivity index (χ4v) is 1.80. The van der Waals surface area contributed by atoms with E-state index in [1.807, 2.05) is 18.2 Å². The molecule has 2 aromatic rings. The van der Waals surface area contributed by atoms with Crippen molar-refractivity contribution in [3.8, 4) is 11.5 Å². The molecule has 1 aromatic heterocycles. The summed E-state index contributed by atoms with van der Waals surface area (Å²) >= 11 is 0. The Kier molecular flexibility index (Phi) is 5.35. The van der Waals surface area contributed by atoms with Crippen molar-refractivity contribution in [1.29, 1.82) is 0 Å². The molecule has 118 valence electrons. The molecule has 0 fully saturated rings. The van der Waals surface area contributed by atoms with E-state index < -0.39 is 0 Å².